The molecular formula is C28H25FN4O5. The maximum atomic E-state index is 14.9. The molecule has 0 aliphatic carbocycles. The monoisotopic (exact) mass is 516 g/mol. The number of amides is 3. The van der Waals surface area contributed by atoms with Crippen molar-refractivity contribution in [3.05, 3.63) is 78.2 Å². The molecular weight excluding hydrogens is 491 g/mol. The van der Waals surface area contributed by atoms with Gasteiger partial charge in [-0.3, -0.25) is 15.1 Å². The second-order valence-electron chi connectivity index (χ2n) is 8.58. The zero-order valence-electron chi connectivity index (χ0n) is 20.8. The van der Waals surface area contributed by atoms with E-state index in [-0.39, 0.29) is 18.0 Å². The predicted molar refractivity (Wildman–Crippen MR) is 141 cm³/mol. The topological polar surface area (TPSA) is 102 Å². The highest BCUT2D eigenvalue weighted by atomic mass is 19.1. The number of nitrogens with one attached hydrogen (secondary N) is 2. The van der Waals surface area contributed by atoms with Crippen LogP contribution >= 0.6 is 0 Å². The van der Waals surface area contributed by atoms with Crippen molar-refractivity contribution in [3.8, 4) is 23.0 Å². The van der Waals surface area contributed by atoms with Crippen molar-refractivity contribution in [1.82, 2.24) is 10.3 Å². The third-order valence-electron chi connectivity index (χ3n) is 6.19. The largest absolute Gasteiger partial charge is 0.493 e. The van der Waals surface area contributed by atoms with E-state index in [4.69, 9.17) is 14.2 Å². The van der Waals surface area contributed by atoms with Crippen LogP contribution in [0.1, 0.15) is 5.56 Å². The van der Waals surface area contributed by atoms with Crippen LogP contribution < -0.4 is 29.7 Å². The fourth-order valence-corrected chi connectivity index (χ4v) is 4.39. The molecule has 0 fully saturated rings. The normalized spacial score (nSPS) is 12.1. The molecule has 0 saturated carbocycles. The number of ether oxygens (including phenoxy) is 3. The molecule has 0 atom stereocenters. The molecule has 2 N–H and O–H groups in total. The molecule has 0 radical (unpaired) electrons. The van der Waals surface area contributed by atoms with Crippen LogP contribution in [0.4, 0.5) is 20.6 Å². The van der Waals surface area contributed by atoms with Crippen LogP contribution in [0.2, 0.25) is 0 Å². The molecule has 4 aromatic rings. The van der Waals surface area contributed by atoms with E-state index in [0.29, 0.717) is 34.7 Å². The Labute approximate surface area is 218 Å². The molecule has 38 heavy (non-hydrogen) atoms. The van der Waals surface area contributed by atoms with Gasteiger partial charge in [-0.1, -0.05) is 18.2 Å². The fourth-order valence-electron chi connectivity index (χ4n) is 4.39. The Bertz CT molecular complexity index is 1530. The third kappa shape index (κ3) is 5.15. The van der Waals surface area contributed by atoms with Gasteiger partial charge in [0.25, 0.3) is 0 Å². The van der Waals surface area contributed by atoms with E-state index >= 15 is 0 Å². The predicted octanol–water partition coefficient (Wildman–Crippen LogP) is 4.89. The van der Waals surface area contributed by atoms with Crippen LogP contribution in [0.5, 0.6) is 23.0 Å². The number of anilines is 2. The lowest BCUT2D eigenvalue weighted by molar-refractivity contribution is -0.118. The van der Waals surface area contributed by atoms with Crippen LogP contribution in [0, 0.1) is 5.82 Å². The number of carbonyl (C=O) groups excluding carboxylic acids is 2. The number of methoxy groups -OCH3 is 2. The number of nitrogens with zero attached hydrogens (tertiary/aromatic N) is 2. The summed E-state index contributed by atoms with van der Waals surface area (Å²) in [4.78, 5) is 31.0. The molecule has 1 aliphatic rings. The number of rotatable bonds is 7. The lowest BCUT2D eigenvalue weighted by atomic mass is 10.2. The molecule has 0 spiro atoms. The Hall–Kier alpha value is -4.86. The number of hydrogen-bond acceptors (Lipinski definition) is 7. The first-order valence-corrected chi connectivity index (χ1v) is 11.9. The number of para-hydroxylation sites is 1. The van der Waals surface area contributed by atoms with Crippen molar-refractivity contribution in [1.29, 1.82) is 0 Å². The molecule has 1 aromatic heterocycles. The second-order valence-corrected chi connectivity index (χ2v) is 8.58. The first-order valence-electron chi connectivity index (χ1n) is 11.9. The molecule has 0 bridgehead atoms. The number of fused-ring (bicyclic) bond motifs is 2. The number of halogens is 1. The van der Waals surface area contributed by atoms with Crippen molar-refractivity contribution in [2.45, 2.75) is 6.42 Å². The Morgan fingerprint density at radius 2 is 1.76 bits per heavy atom. The molecule has 9 nitrogen and oxygen atoms in total. The van der Waals surface area contributed by atoms with Crippen molar-refractivity contribution in [2.24, 2.45) is 0 Å². The molecule has 1 aliphatic heterocycles. The first-order chi connectivity index (χ1) is 18.4. The molecule has 2 heterocycles. The number of imide groups is 1. The van der Waals surface area contributed by atoms with E-state index in [1.54, 1.807) is 24.4 Å². The molecule has 5 rings (SSSR count). The van der Waals surface area contributed by atoms with Crippen LogP contribution in [0.25, 0.3) is 10.9 Å². The number of carbonyl (C=O) groups is 2. The number of aromatic nitrogens is 1. The quantitative estimate of drug-likeness (QED) is 0.360. The van der Waals surface area contributed by atoms with Crippen LogP contribution in [0.3, 0.4) is 0 Å². The molecule has 0 saturated heterocycles. The third-order valence-corrected chi connectivity index (χ3v) is 6.19. The summed E-state index contributed by atoms with van der Waals surface area (Å²) >= 11 is 0. The minimum Gasteiger partial charge on any atom is -0.493 e. The zero-order valence-corrected chi connectivity index (χ0v) is 20.8. The Morgan fingerprint density at radius 1 is 0.974 bits per heavy atom. The molecule has 0 unspecified atom stereocenters. The summed E-state index contributed by atoms with van der Waals surface area (Å²) in [5.74, 6) is 0.134. The smallest absolute Gasteiger partial charge is 0.325 e. The summed E-state index contributed by atoms with van der Waals surface area (Å²) in [6.45, 7) is 0.746. The van der Waals surface area contributed by atoms with Gasteiger partial charge in [0.2, 0.25) is 5.91 Å². The minimum absolute atomic E-state index is 0.0438. The number of pyridine rings is 1. The van der Waals surface area contributed by atoms with Gasteiger partial charge in [0.1, 0.15) is 5.75 Å². The van der Waals surface area contributed by atoms with Crippen molar-refractivity contribution >= 4 is 34.2 Å². The Balaban J connectivity index is 1.23. The van der Waals surface area contributed by atoms with Gasteiger partial charge in [-0.15, -0.1) is 0 Å². The summed E-state index contributed by atoms with van der Waals surface area (Å²) < 4.78 is 31.4. The summed E-state index contributed by atoms with van der Waals surface area (Å²) in [5.41, 5.74) is 2.90. The molecule has 3 amide bonds. The summed E-state index contributed by atoms with van der Waals surface area (Å²) in [5, 5.41) is 5.37. The summed E-state index contributed by atoms with van der Waals surface area (Å²) in [7, 11) is 3.04. The average molecular weight is 517 g/mol. The van der Waals surface area contributed by atoms with E-state index in [0.717, 1.165) is 18.2 Å². The maximum absolute atomic E-state index is 14.9. The van der Waals surface area contributed by atoms with Crippen LogP contribution in [0.15, 0.2) is 66.9 Å². The number of hydrogen-bond donors (Lipinski definition) is 2. The van der Waals surface area contributed by atoms with Gasteiger partial charge in [0.05, 0.1) is 26.3 Å². The molecule has 10 heteroatoms. The zero-order chi connectivity index (χ0) is 26.6. The lowest BCUT2D eigenvalue weighted by Gasteiger charge is -2.18. The van der Waals surface area contributed by atoms with Gasteiger partial charge in [0, 0.05) is 41.6 Å². The van der Waals surface area contributed by atoms with Crippen molar-refractivity contribution in [3.63, 3.8) is 0 Å². The Morgan fingerprint density at radius 3 is 2.55 bits per heavy atom. The van der Waals surface area contributed by atoms with Gasteiger partial charge in [0.15, 0.2) is 23.1 Å². The van der Waals surface area contributed by atoms with E-state index in [9.17, 15) is 14.0 Å². The highest BCUT2D eigenvalue weighted by Crippen LogP contribution is 2.37. The summed E-state index contributed by atoms with van der Waals surface area (Å²) in [6, 6.07) is 16.1. The lowest BCUT2D eigenvalue weighted by Crippen LogP contribution is -2.41. The first kappa shape index (κ1) is 24.8. The van der Waals surface area contributed by atoms with Gasteiger partial charge < -0.3 is 24.4 Å². The average Bonchev–Trinajstić information content (AvgIpc) is 3.32. The molecule has 3 aromatic carbocycles. The van der Waals surface area contributed by atoms with Gasteiger partial charge >= 0.3 is 6.03 Å². The van der Waals surface area contributed by atoms with Gasteiger partial charge in [-0.2, -0.15) is 0 Å². The second kappa shape index (κ2) is 10.6. The standard InChI is InChI=1S/C28H25FN4O5/c1-36-25-14-19-21(15-26(25)37-2)30-11-9-23(19)38-24-8-7-18(13-20(24)29)31-28(35)32-27(34)16-33-12-10-17-5-3-4-6-22(17)33/h3-9,11,13-15H,10,12,16H2,1-2H3,(H2,31,32,34,35). The van der Waals surface area contributed by atoms with E-state index in [1.165, 1.54) is 31.9 Å². The van der Waals surface area contributed by atoms with Crippen LogP contribution in [-0.2, 0) is 11.2 Å². The van der Waals surface area contributed by atoms with Gasteiger partial charge in [-0.25, -0.2) is 9.18 Å². The van der Waals surface area contributed by atoms with E-state index in [1.807, 2.05) is 29.2 Å². The summed E-state index contributed by atoms with van der Waals surface area (Å²) in [6.07, 6.45) is 2.39. The van der Waals surface area contributed by atoms with E-state index in [2.05, 4.69) is 15.6 Å². The number of benzene rings is 3. The van der Waals surface area contributed by atoms with Crippen molar-refractivity contribution < 1.29 is 28.2 Å². The van der Waals surface area contributed by atoms with Gasteiger partial charge in [-0.05, 0) is 42.3 Å². The Kier molecular flexibility index (Phi) is 6.94. The SMILES string of the molecule is COc1cc2nccc(Oc3ccc(NC(=O)NC(=O)CN4CCc5ccccc54)cc3F)c2cc1OC. The maximum Gasteiger partial charge on any atom is 0.325 e. The number of urea groups is 1. The van der Waals surface area contributed by atoms with Crippen molar-refractivity contribution in [2.75, 3.05) is 37.5 Å². The fraction of sp³-hybridized carbons (Fsp3) is 0.179. The highest BCUT2D eigenvalue weighted by Gasteiger charge is 2.21. The minimum atomic E-state index is -0.753. The van der Waals surface area contributed by atoms with E-state index < -0.39 is 17.8 Å². The highest BCUT2D eigenvalue weighted by molar-refractivity contribution is 6.02. The molecule has 194 valence electrons. The van der Waals surface area contributed by atoms with Crippen LogP contribution in [-0.4, -0.2) is 44.2 Å².